The van der Waals surface area contributed by atoms with Crippen LogP contribution in [0.3, 0.4) is 0 Å². The van der Waals surface area contributed by atoms with Crippen LogP contribution in [0.1, 0.15) is 0 Å². The van der Waals surface area contributed by atoms with Crippen molar-refractivity contribution >= 4 is 0 Å². The number of hydrogen-bond donors (Lipinski definition) is 1. The van der Waals surface area contributed by atoms with Gasteiger partial charge in [0.15, 0.2) is 5.82 Å². The molecule has 126 valence electrons. The van der Waals surface area contributed by atoms with Crippen molar-refractivity contribution in [2.24, 2.45) is 0 Å². The summed E-state index contributed by atoms with van der Waals surface area (Å²) in [6.45, 7) is 0. The number of aromatic hydroxyl groups is 1. The lowest BCUT2D eigenvalue weighted by molar-refractivity contribution is 0.477. The van der Waals surface area contributed by atoms with Crippen LogP contribution in [0.15, 0.2) is 73.3 Å². The SMILES string of the molecule is Oc1ccccc1-c1nc(-c2ccncn2)ncc1-c1ccc(F)cc1. The van der Waals surface area contributed by atoms with Gasteiger partial charge in [0.25, 0.3) is 0 Å². The normalized spacial score (nSPS) is 10.7. The molecule has 0 saturated heterocycles. The average molecular weight is 344 g/mol. The minimum Gasteiger partial charge on any atom is -0.507 e. The first-order chi connectivity index (χ1) is 12.7. The topological polar surface area (TPSA) is 71.8 Å². The van der Waals surface area contributed by atoms with Crippen molar-refractivity contribution in [1.29, 1.82) is 0 Å². The molecule has 2 heterocycles. The van der Waals surface area contributed by atoms with Crippen molar-refractivity contribution in [1.82, 2.24) is 19.9 Å². The van der Waals surface area contributed by atoms with Crippen molar-refractivity contribution in [3.63, 3.8) is 0 Å². The van der Waals surface area contributed by atoms with Gasteiger partial charge >= 0.3 is 0 Å². The maximum Gasteiger partial charge on any atom is 0.178 e. The van der Waals surface area contributed by atoms with E-state index in [2.05, 4.69) is 19.9 Å². The Labute approximate surface area is 148 Å². The molecular weight excluding hydrogens is 331 g/mol. The molecule has 2 aromatic carbocycles. The van der Waals surface area contributed by atoms with Crippen LogP contribution in [-0.2, 0) is 0 Å². The predicted octanol–water partition coefficient (Wildman–Crippen LogP) is 4.11. The molecule has 0 saturated carbocycles. The van der Waals surface area contributed by atoms with Crippen LogP contribution in [0, 0.1) is 5.82 Å². The molecular formula is C20H13FN4O. The Morgan fingerprint density at radius 2 is 1.65 bits per heavy atom. The van der Waals surface area contributed by atoms with Crippen molar-refractivity contribution in [3.05, 3.63) is 79.1 Å². The van der Waals surface area contributed by atoms with Crippen LogP contribution in [0.5, 0.6) is 5.75 Å². The lowest BCUT2D eigenvalue weighted by atomic mass is 10.00. The molecule has 0 amide bonds. The molecule has 0 radical (unpaired) electrons. The summed E-state index contributed by atoms with van der Waals surface area (Å²) in [4.78, 5) is 17.1. The van der Waals surface area contributed by atoms with Crippen molar-refractivity contribution in [3.8, 4) is 39.7 Å². The molecule has 2 aromatic heterocycles. The number of nitrogens with zero attached hydrogens (tertiary/aromatic N) is 4. The third kappa shape index (κ3) is 3.00. The van der Waals surface area contributed by atoms with E-state index in [0.29, 0.717) is 28.3 Å². The van der Waals surface area contributed by atoms with E-state index in [1.165, 1.54) is 18.5 Å². The number of phenolic OH excluding ortho intramolecular Hbond substituents is 1. The molecule has 0 spiro atoms. The van der Waals surface area contributed by atoms with Crippen LogP contribution in [0.2, 0.25) is 0 Å². The van der Waals surface area contributed by atoms with Gasteiger partial charge in [-0.3, -0.25) is 0 Å². The van der Waals surface area contributed by atoms with E-state index in [4.69, 9.17) is 0 Å². The Hall–Kier alpha value is -3.67. The van der Waals surface area contributed by atoms with Gasteiger partial charge in [0.1, 0.15) is 23.6 Å². The van der Waals surface area contributed by atoms with E-state index in [1.807, 2.05) is 6.07 Å². The van der Waals surface area contributed by atoms with E-state index < -0.39 is 0 Å². The van der Waals surface area contributed by atoms with Crippen molar-refractivity contribution < 1.29 is 9.50 Å². The minimum atomic E-state index is -0.323. The zero-order valence-electron chi connectivity index (χ0n) is 13.5. The van der Waals surface area contributed by atoms with Gasteiger partial charge in [0.2, 0.25) is 0 Å². The highest BCUT2D eigenvalue weighted by Gasteiger charge is 2.15. The third-order valence-corrected chi connectivity index (χ3v) is 3.91. The fourth-order valence-corrected chi connectivity index (χ4v) is 2.65. The molecule has 0 aliphatic heterocycles. The summed E-state index contributed by atoms with van der Waals surface area (Å²) in [5.41, 5.74) is 3.10. The summed E-state index contributed by atoms with van der Waals surface area (Å²) in [5, 5.41) is 10.3. The first-order valence-corrected chi connectivity index (χ1v) is 7.90. The second-order valence-electron chi connectivity index (χ2n) is 5.57. The standard InChI is InChI=1S/C20H13FN4O/c21-14-7-5-13(6-8-14)16-11-23-20(17-9-10-22-12-24-17)25-19(16)15-3-1-2-4-18(15)26/h1-12,26H. The first-order valence-electron chi connectivity index (χ1n) is 7.90. The van der Waals surface area contributed by atoms with Gasteiger partial charge in [-0.15, -0.1) is 0 Å². The first kappa shape index (κ1) is 15.8. The average Bonchev–Trinajstić information content (AvgIpc) is 2.69. The Morgan fingerprint density at radius 3 is 2.38 bits per heavy atom. The molecule has 26 heavy (non-hydrogen) atoms. The highest BCUT2D eigenvalue weighted by molar-refractivity contribution is 5.83. The quantitative estimate of drug-likeness (QED) is 0.605. The number of rotatable bonds is 3. The Bertz CT molecular complexity index is 1050. The molecule has 0 bridgehead atoms. The number of benzene rings is 2. The fraction of sp³-hybridized carbons (Fsp3) is 0. The van der Waals surface area contributed by atoms with E-state index in [-0.39, 0.29) is 11.6 Å². The molecule has 6 heteroatoms. The molecule has 4 rings (SSSR count). The Balaban J connectivity index is 1.94. The number of halogens is 1. The van der Waals surface area contributed by atoms with Crippen molar-refractivity contribution in [2.75, 3.05) is 0 Å². The molecule has 0 aliphatic rings. The molecule has 0 fully saturated rings. The van der Waals surface area contributed by atoms with Gasteiger partial charge < -0.3 is 5.11 Å². The zero-order valence-corrected chi connectivity index (χ0v) is 13.5. The second-order valence-corrected chi connectivity index (χ2v) is 5.57. The molecule has 0 aliphatic carbocycles. The fourth-order valence-electron chi connectivity index (χ4n) is 2.65. The summed E-state index contributed by atoms with van der Waals surface area (Å²) in [5.74, 6) is 0.191. The lowest BCUT2D eigenvalue weighted by Crippen LogP contribution is -1.97. The van der Waals surface area contributed by atoms with E-state index in [0.717, 1.165) is 5.56 Å². The summed E-state index contributed by atoms with van der Waals surface area (Å²) >= 11 is 0. The maximum atomic E-state index is 13.3. The number of phenols is 1. The zero-order chi connectivity index (χ0) is 17.9. The third-order valence-electron chi connectivity index (χ3n) is 3.91. The number of aromatic nitrogens is 4. The van der Waals surface area contributed by atoms with E-state index in [9.17, 15) is 9.50 Å². The van der Waals surface area contributed by atoms with Gasteiger partial charge in [-0.25, -0.2) is 24.3 Å². The second kappa shape index (κ2) is 6.68. The van der Waals surface area contributed by atoms with Crippen LogP contribution in [0.25, 0.3) is 33.9 Å². The Kier molecular flexibility index (Phi) is 4.07. The van der Waals surface area contributed by atoms with Gasteiger partial charge in [-0.2, -0.15) is 0 Å². The summed E-state index contributed by atoms with van der Waals surface area (Å²) in [7, 11) is 0. The van der Waals surface area contributed by atoms with Gasteiger partial charge in [0.05, 0.1) is 5.69 Å². The summed E-state index contributed by atoms with van der Waals surface area (Å²) in [6.07, 6.45) is 4.69. The highest BCUT2D eigenvalue weighted by atomic mass is 19.1. The largest absolute Gasteiger partial charge is 0.507 e. The van der Waals surface area contributed by atoms with E-state index >= 15 is 0 Å². The Morgan fingerprint density at radius 1 is 0.846 bits per heavy atom. The molecule has 4 aromatic rings. The maximum absolute atomic E-state index is 13.3. The monoisotopic (exact) mass is 344 g/mol. The van der Waals surface area contributed by atoms with Crippen LogP contribution >= 0.6 is 0 Å². The van der Waals surface area contributed by atoms with E-state index in [1.54, 1.807) is 48.8 Å². The highest BCUT2D eigenvalue weighted by Crippen LogP contribution is 2.35. The molecule has 1 N–H and O–H groups in total. The van der Waals surface area contributed by atoms with Gasteiger partial charge in [-0.05, 0) is 35.9 Å². The van der Waals surface area contributed by atoms with Crippen LogP contribution < -0.4 is 0 Å². The number of hydrogen-bond acceptors (Lipinski definition) is 5. The predicted molar refractivity (Wildman–Crippen MR) is 95.6 cm³/mol. The minimum absolute atomic E-state index is 0.100. The molecule has 0 atom stereocenters. The summed E-state index contributed by atoms with van der Waals surface area (Å²) < 4.78 is 13.3. The van der Waals surface area contributed by atoms with Gasteiger partial charge in [0, 0.05) is 23.5 Å². The van der Waals surface area contributed by atoms with Gasteiger partial charge in [-0.1, -0.05) is 24.3 Å². The van der Waals surface area contributed by atoms with Crippen LogP contribution in [0.4, 0.5) is 4.39 Å². The molecule has 5 nitrogen and oxygen atoms in total. The molecule has 0 unspecified atom stereocenters. The smallest absolute Gasteiger partial charge is 0.178 e. The van der Waals surface area contributed by atoms with Crippen molar-refractivity contribution in [2.45, 2.75) is 0 Å². The number of para-hydroxylation sites is 1. The lowest BCUT2D eigenvalue weighted by Gasteiger charge is -2.12. The summed E-state index contributed by atoms with van der Waals surface area (Å²) in [6, 6.07) is 14.7. The van der Waals surface area contributed by atoms with Crippen LogP contribution in [-0.4, -0.2) is 25.0 Å².